The van der Waals surface area contributed by atoms with Crippen molar-refractivity contribution >= 4 is 11.6 Å². The predicted octanol–water partition coefficient (Wildman–Crippen LogP) is 1.03. The number of nitrogens with zero attached hydrogens (tertiary/aromatic N) is 5. The Morgan fingerprint density at radius 1 is 1.13 bits per heavy atom. The molecule has 23 heavy (non-hydrogen) atoms. The SMILES string of the molecule is CN=C(NCCc1nnc2ccccn12)NCc1ccccn1. The molecule has 2 N–H and O–H groups in total. The molecular formula is C16H19N7. The van der Waals surface area contributed by atoms with Crippen molar-refractivity contribution in [1.82, 2.24) is 30.2 Å². The zero-order valence-corrected chi connectivity index (χ0v) is 13.0. The molecule has 0 atom stereocenters. The summed E-state index contributed by atoms with van der Waals surface area (Å²) in [5.41, 5.74) is 1.83. The number of aromatic nitrogens is 4. The summed E-state index contributed by atoms with van der Waals surface area (Å²) >= 11 is 0. The van der Waals surface area contributed by atoms with Crippen LogP contribution in [-0.2, 0) is 13.0 Å². The zero-order valence-electron chi connectivity index (χ0n) is 13.0. The van der Waals surface area contributed by atoms with E-state index in [-0.39, 0.29) is 0 Å². The predicted molar refractivity (Wildman–Crippen MR) is 89.1 cm³/mol. The van der Waals surface area contributed by atoms with E-state index in [2.05, 4.69) is 30.8 Å². The summed E-state index contributed by atoms with van der Waals surface area (Å²) in [6.07, 6.45) is 4.51. The highest BCUT2D eigenvalue weighted by molar-refractivity contribution is 5.79. The Morgan fingerprint density at radius 2 is 2.04 bits per heavy atom. The molecule has 0 saturated heterocycles. The van der Waals surface area contributed by atoms with E-state index in [4.69, 9.17) is 0 Å². The van der Waals surface area contributed by atoms with Gasteiger partial charge in [-0.15, -0.1) is 10.2 Å². The van der Waals surface area contributed by atoms with Crippen molar-refractivity contribution in [3.63, 3.8) is 0 Å². The van der Waals surface area contributed by atoms with Crippen LogP contribution in [0.3, 0.4) is 0 Å². The first kappa shape index (κ1) is 15.0. The third-order valence-corrected chi connectivity index (χ3v) is 3.41. The van der Waals surface area contributed by atoms with E-state index in [1.807, 2.05) is 47.0 Å². The van der Waals surface area contributed by atoms with Crippen LogP contribution in [0.1, 0.15) is 11.5 Å². The lowest BCUT2D eigenvalue weighted by atomic mass is 10.3. The van der Waals surface area contributed by atoms with Crippen LogP contribution in [0, 0.1) is 0 Å². The molecule has 0 amide bonds. The Bertz CT molecular complexity index is 779. The van der Waals surface area contributed by atoms with Gasteiger partial charge in [0.25, 0.3) is 0 Å². The number of fused-ring (bicyclic) bond motifs is 1. The van der Waals surface area contributed by atoms with Gasteiger partial charge in [0.15, 0.2) is 11.6 Å². The van der Waals surface area contributed by atoms with Gasteiger partial charge >= 0.3 is 0 Å². The summed E-state index contributed by atoms with van der Waals surface area (Å²) in [6.45, 7) is 1.35. The van der Waals surface area contributed by atoms with Crippen LogP contribution in [0.25, 0.3) is 5.65 Å². The van der Waals surface area contributed by atoms with Crippen molar-refractivity contribution in [2.45, 2.75) is 13.0 Å². The second kappa shape index (κ2) is 7.35. The van der Waals surface area contributed by atoms with Gasteiger partial charge in [-0.2, -0.15) is 0 Å². The summed E-state index contributed by atoms with van der Waals surface area (Å²) in [5.74, 6) is 1.66. The first-order valence-electron chi connectivity index (χ1n) is 7.50. The molecule has 0 fully saturated rings. The van der Waals surface area contributed by atoms with Crippen LogP contribution in [0.2, 0.25) is 0 Å². The zero-order chi connectivity index (χ0) is 15.9. The van der Waals surface area contributed by atoms with E-state index in [1.165, 1.54) is 0 Å². The van der Waals surface area contributed by atoms with Crippen molar-refractivity contribution in [1.29, 1.82) is 0 Å². The molecule has 3 rings (SSSR count). The van der Waals surface area contributed by atoms with E-state index >= 15 is 0 Å². The number of rotatable bonds is 5. The summed E-state index contributed by atoms with van der Waals surface area (Å²) in [7, 11) is 1.75. The van der Waals surface area contributed by atoms with Gasteiger partial charge < -0.3 is 10.6 Å². The molecule has 7 nitrogen and oxygen atoms in total. The molecule has 3 aromatic heterocycles. The maximum atomic E-state index is 4.27. The largest absolute Gasteiger partial charge is 0.356 e. The maximum Gasteiger partial charge on any atom is 0.191 e. The Hall–Kier alpha value is -2.96. The highest BCUT2D eigenvalue weighted by Crippen LogP contribution is 2.02. The van der Waals surface area contributed by atoms with E-state index < -0.39 is 0 Å². The van der Waals surface area contributed by atoms with E-state index in [1.54, 1.807) is 13.2 Å². The second-order valence-electron chi connectivity index (χ2n) is 4.97. The van der Waals surface area contributed by atoms with E-state index in [0.717, 1.165) is 36.1 Å². The normalized spacial score (nSPS) is 11.6. The molecule has 0 aliphatic rings. The molecule has 0 aliphatic carbocycles. The van der Waals surface area contributed by atoms with Gasteiger partial charge in [0.1, 0.15) is 5.82 Å². The lowest BCUT2D eigenvalue weighted by Crippen LogP contribution is -2.38. The van der Waals surface area contributed by atoms with Crippen LogP contribution in [0.15, 0.2) is 53.8 Å². The average molecular weight is 309 g/mol. The highest BCUT2D eigenvalue weighted by Gasteiger charge is 2.05. The molecule has 3 aromatic rings. The van der Waals surface area contributed by atoms with Gasteiger partial charge in [0.2, 0.25) is 0 Å². The standard InChI is InChI=1S/C16H19N7/c1-17-16(20-12-13-6-2-4-9-18-13)19-10-8-15-22-21-14-7-3-5-11-23(14)15/h2-7,9,11H,8,10,12H2,1H3,(H2,17,19,20). The maximum absolute atomic E-state index is 4.27. The highest BCUT2D eigenvalue weighted by atomic mass is 15.2. The van der Waals surface area contributed by atoms with Crippen molar-refractivity contribution in [2.24, 2.45) is 4.99 Å². The lowest BCUT2D eigenvalue weighted by Gasteiger charge is -2.11. The monoisotopic (exact) mass is 309 g/mol. The molecule has 0 saturated carbocycles. The molecule has 0 spiro atoms. The number of hydrogen-bond acceptors (Lipinski definition) is 4. The fourth-order valence-electron chi connectivity index (χ4n) is 2.25. The molecule has 3 heterocycles. The molecule has 0 unspecified atom stereocenters. The summed E-state index contributed by atoms with van der Waals surface area (Å²) < 4.78 is 1.99. The second-order valence-corrected chi connectivity index (χ2v) is 4.97. The third-order valence-electron chi connectivity index (χ3n) is 3.41. The average Bonchev–Trinajstić information content (AvgIpc) is 3.02. The van der Waals surface area contributed by atoms with Crippen LogP contribution < -0.4 is 10.6 Å². The molecule has 0 radical (unpaired) electrons. The van der Waals surface area contributed by atoms with Crippen LogP contribution in [-0.4, -0.2) is 39.1 Å². The van der Waals surface area contributed by atoms with E-state index in [9.17, 15) is 0 Å². The Labute approximate surface area is 134 Å². The van der Waals surface area contributed by atoms with E-state index in [0.29, 0.717) is 6.54 Å². The number of pyridine rings is 2. The topological polar surface area (TPSA) is 79.5 Å². The number of aliphatic imine (C=N–C) groups is 1. The summed E-state index contributed by atoms with van der Waals surface area (Å²) in [5, 5.41) is 14.9. The minimum absolute atomic E-state index is 0.633. The third kappa shape index (κ3) is 3.82. The molecule has 0 bridgehead atoms. The Kier molecular flexibility index (Phi) is 4.78. The van der Waals surface area contributed by atoms with Crippen LogP contribution in [0.4, 0.5) is 0 Å². The Morgan fingerprint density at radius 3 is 2.87 bits per heavy atom. The van der Waals surface area contributed by atoms with Gasteiger partial charge in [-0.3, -0.25) is 14.4 Å². The van der Waals surface area contributed by atoms with Gasteiger partial charge in [-0.1, -0.05) is 12.1 Å². The molecule has 0 aromatic carbocycles. The van der Waals surface area contributed by atoms with Crippen molar-refractivity contribution in [2.75, 3.05) is 13.6 Å². The lowest BCUT2D eigenvalue weighted by molar-refractivity contribution is 0.755. The molecular weight excluding hydrogens is 290 g/mol. The molecule has 118 valence electrons. The molecule has 7 heteroatoms. The molecule has 0 aliphatic heterocycles. The fourth-order valence-corrected chi connectivity index (χ4v) is 2.25. The van der Waals surface area contributed by atoms with Gasteiger partial charge in [-0.25, -0.2) is 0 Å². The smallest absolute Gasteiger partial charge is 0.191 e. The Balaban J connectivity index is 1.50. The fraction of sp³-hybridized carbons (Fsp3) is 0.250. The number of guanidine groups is 1. The quantitative estimate of drug-likeness (QED) is 0.543. The van der Waals surface area contributed by atoms with Gasteiger partial charge in [0, 0.05) is 32.4 Å². The van der Waals surface area contributed by atoms with Gasteiger partial charge in [0.05, 0.1) is 12.2 Å². The number of nitrogens with one attached hydrogen (secondary N) is 2. The van der Waals surface area contributed by atoms with Crippen molar-refractivity contribution < 1.29 is 0 Å². The van der Waals surface area contributed by atoms with Gasteiger partial charge in [-0.05, 0) is 24.3 Å². The first-order chi connectivity index (χ1) is 11.4. The minimum atomic E-state index is 0.633. The summed E-state index contributed by atoms with van der Waals surface area (Å²) in [6, 6.07) is 11.7. The van der Waals surface area contributed by atoms with Crippen LogP contribution in [0.5, 0.6) is 0 Å². The first-order valence-corrected chi connectivity index (χ1v) is 7.50. The summed E-state index contributed by atoms with van der Waals surface area (Å²) in [4.78, 5) is 8.48. The van der Waals surface area contributed by atoms with Crippen molar-refractivity contribution in [3.8, 4) is 0 Å². The minimum Gasteiger partial charge on any atom is -0.356 e. The number of hydrogen-bond donors (Lipinski definition) is 2. The van der Waals surface area contributed by atoms with Crippen molar-refractivity contribution in [3.05, 3.63) is 60.3 Å². The van der Waals surface area contributed by atoms with Crippen LogP contribution >= 0.6 is 0 Å².